The van der Waals surface area contributed by atoms with Gasteiger partial charge in [-0.3, -0.25) is 4.79 Å². The fourth-order valence-electron chi connectivity index (χ4n) is 3.69. The average molecular weight is 404 g/mol. The summed E-state index contributed by atoms with van der Waals surface area (Å²) >= 11 is 1.61. The molecule has 0 radical (unpaired) electrons. The topological polar surface area (TPSA) is 60.2 Å². The zero-order valence-electron chi connectivity index (χ0n) is 16.0. The van der Waals surface area contributed by atoms with Crippen molar-refractivity contribution in [3.63, 3.8) is 0 Å². The van der Waals surface area contributed by atoms with Crippen LogP contribution in [-0.4, -0.2) is 51.9 Å². The monoisotopic (exact) mass is 404 g/mol. The van der Waals surface area contributed by atoms with Crippen molar-refractivity contribution in [2.75, 3.05) is 26.3 Å². The second-order valence-electron chi connectivity index (χ2n) is 6.97. The number of fused-ring (bicyclic) bond motifs is 1. The van der Waals surface area contributed by atoms with Crippen LogP contribution in [0, 0.1) is 6.92 Å². The first kappa shape index (κ1) is 18.0. The van der Waals surface area contributed by atoms with Crippen LogP contribution in [0.3, 0.4) is 0 Å². The number of pyridine rings is 1. The number of ether oxygens (including phenoxy) is 1. The first-order chi connectivity index (χ1) is 14.2. The number of amides is 1. The van der Waals surface area contributed by atoms with Crippen LogP contribution in [0.1, 0.15) is 16.1 Å². The maximum atomic E-state index is 13.4. The van der Waals surface area contributed by atoms with Crippen LogP contribution in [0.5, 0.6) is 0 Å². The van der Waals surface area contributed by atoms with Gasteiger partial charge in [0, 0.05) is 13.1 Å². The molecular formula is C22H20N4O2S. The maximum absolute atomic E-state index is 13.4. The molecule has 146 valence electrons. The molecule has 1 amide bonds. The van der Waals surface area contributed by atoms with Gasteiger partial charge < -0.3 is 9.64 Å². The van der Waals surface area contributed by atoms with Crippen molar-refractivity contribution in [2.24, 2.45) is 0 Å². The molecule has 0 N–H and O–H groups in total. The van der Waals surface area contributed by atoms with Crippen LogP contribution in [0.25, 0.3) is 27.3 Å². The van der Waals surface area contributed by atoms with E-state index in [1.807, 2.05) is 70.4 Å². The number of aryl methyl sites for hydroxylation is 1. The Labute approximate surface area is 172 Å². The van der Waals surface area contributed by atoms with Crippen molar-refractivity contribution in [1.82, 2.24) is 19.7 Å². The van der Waals surface area contributed by atoms with Crippen LogP contribution < -0.4 is 0 Å². The van der Waals surface area contributed by atoms with Crippen LogP contribution in [0.2, 0.25) is 0 Å². The van der Waals surface area contributed by atoms with Gasteiger partial charge in [-0.1, -0.05) is 24.3 Å². The number of aromatic nitrogens is 3. The Morgan fingerprint density at radius 1 is 1.10 bits per heavy atom. The highest BCUT2D eigenvalue weighted by Crippen LogP contribution is 2.31. The van der Waals surface area contributed by atoms with Crippen molar-refractivity contribution in [3.05, 3.63) is 65.2 Å². The summed E-state index contributed by atoms with van der Waals surface area (Å²) in [5, 5.41) is 7.56. The lowest BCUT2D eigenvalue weighted by Crippen LogP contribution is -2.40. The number of rotatable bonds is 3. The Morgan fingerprint density at radius 2 is 1.90 bits per heavy atom. The van der Waals surface area contributed by atoms with Gasteiger partial charge in [0.2, 0.25) is 0 Å². The van der Waals surface area contributed by atoms with Crippen molar-refractivity contribution in [2.45, 2.75) is 6.92 Å². The molecule has 1 fully saturated rings. The van der Waals surface area contributed by atoms with E-state index in [0.717, 1.165) is 27.3 Å². The number of carbonyl (C=O) groups excluding carboxylic acids is 1. The van der Waals surface area contributed by atoms with Gasteiger partial charge >= 0.3 is 0 Å². The number of nitrogens with zero attached hydrogens (tertiary/aromatic N) is 4. The Hall–Kier alpha value is -3.03. The van der Waals surface area contributed by atoms with Crippen molar-refractivity contribution in [1.29, 1.82) is 0 Å². The third-order valence-corrected chi connectivity index (χ3v) is 6.01. The largest absolute Gasteiger partial charge is 0.378 e. The van der Waals surface area contributed by atoms with E-state index in [9.17, 15) is 4.79 Å². The summed E-state index contributed by atoms with van der Waals surface area (Å²) in [7, 11) is 0. The lowest BCUT2D eigenvalue weighted by molar-refractivity contribution is 0.0304. The van der Waals surface area contributed by atoms with Gasteiger partial charge in [-0.05, 0) is 36.6 Å². The summed E-state index contributed by atoms with van der Waals surface area (Å²) in [6.07, 6.45) is 0. The molecule has 6 nitrogen and oxygen atoms in total. The normalized spacial score (nSPS) is 14.4. The van der Waals surface area contributed by atoms with Crippen molar-refractivity contribution >= 4 is 28.3 Å². The summed E-state index contributed by atoms with van der Waals surface area (Å²) in [6.45, 7) is 4.27. The smallest absolute Gasteiger partial charge is 0.254 e. The minimum Gasteiger partial charge on any atom is -0.378 e. The van der Waals surface area contributed by atoms with Gasteiger partial charge in [-0.15, -0.1) is 11.3 Å². The number of carbonyl (C=O) groups is 1. The third-order valence-electron chi connectivity index (χ3n) is 5.12. The number of hydrogen-bond donors (Lipinski definition) is 0. The summed E-state index contributed by atoms with van der Waals surface area (Å²) in [5.41, 5.74) is 3.87. The molecule has 4 aromatic rings. The first-order valence-electron chi connectivity index (χ1n) is 9.59. The summed E-state index contributed by atoms with van der Waals surface area (Å²) < 4.78 is 7.25. The van der Waals surface area contributed by atoms with Gasteiger partial charge in [-0.2, -0.15) is 5.10 Å². The highest BCUT2D eigenvalue weighted by atomic mass is 32.1. The molecule has 0 atom stereocenters. The average Bonchev–Trinajstić information content (AvgIpc) is 3.42. The van der Waals surface area contributed by atoms with Crippen LogP contribution >= 0.6 is 11.3 Å². The molecule has 1 aliphatic heterocycles. The Bertz CT molecular complexity index is 1160. The fourth-order valence-corrected chi connectivity index (χ4v) is 4.38. The van der Waals surface area contributed by atoms with E-state index in [1.165, 1.54) is 0 Å². The quantitative estimate of drug-likeness (QED) is 0.519. The Balaban J connectivity index is 1.75. The molecule has 0 unspecified atom stereocenters. The third kappa shape index (κ3) is 3.22. The van der Waals surface area contributed by atoms with Gasteiger partial charge in [0.1, 0.15) is 0 Å². The molecule has 1 saturated heterocycles. The second-order valence-corrected chi connectivity index (χ2v) is 7.92. The molecule has 7 heteroatoms. The Kier molecular flexibility index (Phi) is 4.61. The van der Waals surface area contributed by atoms with E-state index >= 15 is 0 Å². The number of benzene rings is 1. The lowest BCUT2D eigenvalue weighted by atomic mass is 10.1. The highest BCUT2D eigenvalue weighted by Gasteiger charge is 2.25. The predicted octanol–water partition coefficient (Wildman–Crippen LogP) is 3.93. The second kappa shape index (κ2) is 7.42. The molecule has 5 rings (SSSR count). The minimum atomic E-state index is 0.00854. The lowest BCUT2D eigenvalue weighted by Gasteiger charge is -2.27. The maximum Gasteiger partial charge on any atom is 0.254 e. The minimum absolute atomic E-state index is 0.00854. The standard InChI is InChI=1S/C22H20N4O2S/c1-15-20-17(22(27)25-9-11-28-12-10-25)14-18(19-8-5-13-29-19)23-21(20)26(24-15)16-6-3-2-4-7-16/h2-8,13-14H,9-12H2,1H3. The van der Waals surface area contributed by atoms with Crippen molar-refractivity contribution in [3.8, 4) is 16.3 Å². The van der Waals surface area contributed by atoms with E-state index < -0.39 is 0 Å². The first-order valence-corrected chi connectivity index (χ1v) is 10.5. The van der Waals surface area contributed by atoms with Gasteiger partial charge in [-0.25, -0.2) is 9.67 Å². The van der Waals surface area contributed by atoms with Crippen LogP contribution in [-0.2, 0) is 4.74 Å². The molecule has 1 aliphatic rings. The Morgan fingerprint density at radius 3 is 2.62 bits per heavy atom. The molecule has 29 heavy (non-hydrogen) atoms. The predicted molar refractivity (Wildman–Crippen MR) is 114 cm³/mol. The van der Waals surface area contributed by atoms with E-state index in [2.05, 4.69) is 0 Å². The van der Waals surface area contributed by atoms with E-state index in [1.54, 1.807) is 11.3 Å². The SMILES string of the molecule is Cc1nn(-c2ccccc2)c2nc(-c3cccs3)cc(C(=O)N3CCOCC3)c12. The molecular weight excluding hydrogens is 384 g/mol. The van der Waals surface area contributed by atoms with E-state index in [-0.39, 0.29) is 5.91 Å². The van der Waals surface area contributed by atoms with E-state index in [0.29, 0.717) is 37.5 Å². The number of hydrogen-bond acceptors (Lipinski definition) is 5. The zero-order chi connectivity index (χ0) is 19.8. The van der Waals surface area contributed by atoms with Crippen LogP contribution in [0.4, 0.5) is 0 Å². The summed E-state index contributed by atoms with van der Waals surface area (Å²) in [6, 6.07) is 15.8. The fraction of sp³-hybridized carbons (Fsp3) is 0.227. The number of morpholine rings is 1. The van der Waals surface area contributed by atoms with Crippen LogP contribution in [0.15, 0.2) is 53.9 Å². The molecule has 0 saturated carbocycles. The molecule has 0 aliphatic carbocycles. The van der Waals surface area contributed by atoms with E-state index in [4.69, 9.17) is 14.8 Å². The molecule has 4 heterocycles. The molecule has 0 spiro atoms. The molecule has 1 aromatic carbocycles. The molecule has 0 bridgehead atoms. The summed E-state index contributed by atoms with van der Waals surface area (Å²) in [5.74, 6) is 0.00854. The highest BCUT2D eigenvalue weighted by molar-refractivity contribution is 7.13. The number of para-hydroxylation sites is 1. The summed E-state index contributed by atoms with van der Waals surface area (Å²) in [4.78, 5) is 21.2. The van der Waals surface area contributed by atoms with Crippen molar-refractivity contribution < 1.29 is 9.53 Å². The van der Waals surface area contributed by atoms with Gasteiger partial charge in [0.05, 0.1) is 46.1 Å². The zero-order valence-corrected chi connectivity index (χ0v) is 16.9. The van der Waals surface area contributed by atoms with Gasteiger partial charge in [0.15, 0.2) is 5.65 Å². The number of thiophene rings is 1. The molecule has 3 aromatic heterocycles. The van der Waals surface area contributed by atoms with Gasteiger partial charge in [0.25, 0.3) is 5.91 Å².